The van der Waals surface area contributed by atoms with Gasteiger partial charge in [0, 0.05) is 40.6 Å². The van der Waals surface area contributed by atoms with Gasteiger partial charge in [-0.1, -0.05) is 134 Å². The Bertz CT molecular complexity index is 2180. The highest BCUT2D eigenvalue weighted by Crippen LogP contribution is 2.40. The van der Waals surface area contributed by atoms with Gasteiger partial charge in [0.05, 0.1) is 0 Å². The summed E-state index contributed by atoms with van der Waals surface area (Å²) in [5, 5.41) is 14.9. The topological polar surface area (TPSA) is 95.5 Å². The molecule has 0 aromatic heterocycles. The van der Waals surface area contributed by atoms with Gasteiger partial charge >= 0.3 is 5.97 Å². The number of carbonyl (C=O) groups excluding carboxylic acids is 2. The minimum atomic E-state index is -1.20. The third-order valence-electron chi connectivity index (χ3n) is 8.35. The van der Waals surface area contributed by atoms with Gasteiger partial charge in [-0.15, -0.1) is 0 Å². The molecule has 6 aromatic rings. The summed E-state index contributed by atoms with van der Waals surface area (Å²) in [7, 11) is 0. The van der Waals surface area contributed by atoms with Crippen LogP contribution >= 0.6 is 0 Å². The van der Waals surface area contributed by atoms with E-state index in [0.717, 1.165) is 62.2 Å². The summed E-state index contributed by atoms with van der Waals surface area (Å²) in [6, 6.07) is 50.3. The summed E-state index contributed by atoms with van der Waals surface area (Å²) in [6.07, 6.45) is 3.06. The van der Waals surface area contributed by atoms with Crippen LogP contribution in [-0.4, -0.2) is 22.9 Å². The van der Waals surface area contributed by atoms with E-state index in [2.05, 4.69) is 65.7 Å². The smallest absolute Gasteiger partial charge is 0.328 e. The Morgan fingerprint density at radius 2 is 0.920 bits per heavy atom. The molecule has 50 heavy (non-hydrogen) atoms. The molecule has 1 unspecified atom stereocenters. The van der Waals surface area contributed by atoms with Crippen molar-refractivity contribution in [3.05, 3.63) is 193 Å². The van der Waals surface area contributed by atoms with Crippen LogP contribution in [0, 0.1) is 0 Å². The van der Waals surface area contributed by atoms with Gasteiger partial charge < -0.3 is 15.7 Å². The van der Waals surface area contributed by atoms with Gasteiger partial charge in [-0.3, -0.25) is 9.59 Å². The first kappa shape index (κ1) is 33.1. The van der Waals surface area contributed by atoms with Crippen molar-refractivity contribution in [1.29, 1.82) is 0 Å². The van der Waals surface area contributed by atoms with Crippen LogP contribution in [0.15, 0.2) is 176 Å². The first-order valence-corrected chi connectivity index (χ1v) is 16.1. The number of nitrogens with one attached hydrogen (secondary N) is 2. The Morgan fingerprint density at radius 1 is 0.500 bits per heavy atom. The van der Waals surface area contributed by atoms with Crippen LogP contribution in [0.4, 0.5) is 11.4 Å². The Balaban J connectivity index is 1.52. The fourth-order valence-electron chi connectivity index (χ4n) is 6.00. The van der Waals surface area contributed by atoms with Crippen molar-refractivity contribution >= 4 is 29.2 Å². The Kier molecular flexibility index (Phi) is 10.2. The van der Waals surface area contributed by atoms with Crippen LogP contribution < -0.4 is 10.6 Å². The molecule has 244 valence electrons. The fourth-order valence-corrected chi connectivity index (χ4v) is 6.00. The molecule has 0 spiro atoms. The van der Waals surface area contributed by atoms with Crippen molar-refractivity contribution in [1.82, 2.24) is 0 Å². The third-order valence-corrected chi connectivity index (χ3v) is 8.35. The predicted octanol–water partition coefficient (Wildman–Crippen LogP) is 9.57. The van der Waals surface area contributed by atoms with Gasteiger partial charge in [0.2, 0.25) is 11.8 Å². The van der Waals surface area contributed by atoms with Crippen LogP contribution in [0.1, 0.15) is 22.6 Å². The second-order valence-corrected chi connectivity index (χ2v) is 11.6. The van der Waals surface area contributed by atoms with E-state index in [1.807, 2.05) is 103 Å². The zero-order valence-electron chi connectivity index (χ0n) is 27.1. The van der Waals surface area contributed by atoms with Gasteiger partial charge in [-0.2, -0.15) is 0 Å². The molecular weight excluding hydrogens is 620 g/mol. The average Bonchev–Trinajstić information content (AvgIpc) is 3.16. The number of anilines is 2. The standard InChI is InChI=1S/C44H34N2O4/c1-2-41(47)45-39-24-22-35(28-37(39)32-14-8-4-9-15-32)44(34-20-18-31(19-21-34)30-12-6-3-7-13-30)36-23-25-40(46-42(48)26-27-43(49)50)38(29-36)33-16-10-5-11-17-33/h2-29,44H,1H2,(H,45,47)(H,46,48)(H,49,50)/b27-26+. The van der Waals surface area contributed by atoms with Crippen molar-refractivity contribution in [2.45, 2.75) is 5.92 Å². The molecule has 0 heterocycles. The summed E-state index contributed by atoms with van der Waals surface area (Å²) >= 11 is 0. The molecule has 6 nitrogen and oxygen atoms in total. The number of hydrogen-bond acceptors (Lipinski definition) is 3. The summed E-state index contributed by atoms with van der Waals surface area (Å²) < 4.78 is 0. The van der Waals surface area contributed by atoms with E-state index in [1.165, 1.54) is 6.08 Å². The van der Waals surface area contributed by atoms with E-state index in [0.29, 0.717) is 11.4 Å². The second-order valence-electron chi connectivity index (χ2n) is 11.6. The third kappa shape index (κ3) is 7.84. The Morgan fingerprint density at radius 3 is 1.38 bits per heavy atom. The number of carbonyl (C=O) groups is 3. The summed E-state index contributed by atoms with van der Waals surface area (Å²) in [5.74, 6) is -2.29. The molecule has 0 aliphatic carbocycles. The highest BCUT2D eigenvalue weighted by atomic mass is 16.4. The summed E-state index contributed by atoms with van der Waals surface area (Å²) in [6.45, 7) is 3.62. The largest absolute Gasteiger partial charge is 0.478 e. The SMILES string of the molecule is C=CC(=O)Nc1ccc(C(c2ccc(-c3ccccc3)cc2)c2ccc(NC(=O)/C=C/C(=O)O)c(-c3ccccc3)c2)cc1-c1ccccc1. The highest BCUT2D eigenvalue weighted by Gasteiger charge is 2.22. The summed E-state index contributed by atoms with van der Waals surface area (Å²) in [5.41, 5.74) is 9.92. The lowest BCUT2D eigenvalue weighted by Gasteiger charge is -2.23. The number of carboxylic acids is 1. The second kappa shape index (κ2) is 15.4. The molecule has 0 bridgehead atoms. The molecule has 6 heteroatoms. The Labute approximate surface area is 291 Å². The van der Waals surface area contributed by atoms with Crippen molar-refractivity contribution in [3.63, 3.8) is 0 Å². The maximum Gasteiger partial charge on any atom is 0.328 e. The monoisotopic (exact) mass is 654 g/mol. The van der Waals surface area contributed by atoms with Gasteiger partial charge in [0.1, 0.15) is 0 Å². The molecule has 0 saturated heterocycles. The van der Waals surface area contributed by atoms with Crippen LogP contribution in [0.2, 0.25) is 0 Å². The maximum absolute atomic E-state index is 12.7. The average molecular weight is 655 g/mol. The van der Waals surface area contributed by atoms with Crippen LogP contribution in [0.25, 0.3) is 33.4 Å². The van der Waals surface area contributed by atoms with E-state index < -0.39 is 11.9 Å². The van der Waals surface area contributed by atoms with Gasteiger partial charge in [-0.05, 0) is 69.3 Å². The van der Waals surface area contributed by atoms with E-state index in [-0.39, 0.29) is 11.8 Å². The summed E-state index contributed by atoms with van der Waals surface area (Å²) in [4.78, 5) is 36.2. The molecule has 0 aliphatic heterocycles. The minimum Gasteiger partial charge on any atom is -0.478 e. The van der Waals surface area contributed by atoms with Crippen molar-refractivity contribution < 1.29 is 19.5 Å². The number of carboxylic acid groups (broad SMARTS) is 1. The van der Waals surface area contributed by atoms with Gasteiger partial charge in [0.15, 0.2) is 0 Å². The van der Waals surface area contributed by atoms with Crippen LogP contribution in [0.5, 0.6) is 0 Å². The first-order chi connectivity index (χ1) is 24.4. The normalized spacial score (nSPS) is 11.4. The molecule has 0 fully saturated rings. The number of amides is 2. The van der Waals surface area contributed by atoms with Crippen LogP contribution in [-0.2, 0) is 14.4 Å². The van der Waals surface area contributed by atoms with E-state index >= 15 is 0 Å². The molecule has 2 amide bonds. The number of rotatable bonds is 11. The maximum atomic E-state index is 12.7. The Hall–Kier alpha value is -6.79. The molecule has 3 N–H and O–H groups in total. The fraction of sp³-hybridized carbons (Fsp3) is 0.0227. The van der Waals surface area contributed by atoms with E-state index in [4.69, 9.17) is 5.11 Å². The zero-order valence-corrected chi connectivity index (χ0v) is 27.1. The molecular formula is C44H34N2O4. The number of aliphatic carboxylic acids is 1. The molecule has 0 aliphatic rings. The minimum absolute atomic E-state index is 0.245. The molecule has 0 saturated carbocycles. The van der Waals surface area contributed by atoms with Gasteiger partial charge in [-0.25, -0.2) is 4.79 Å². The molecule has 6 rings (SSSR count). The molecule has 6 aromatic carbocycles. The lowest BCUT2D eigenvalue weighted by atomic mass is 9.82. The molecule has 0 radical (unpaired) electrons. The zero-order chi connectivity index (χ0) is 34.9. The number of benzene rings is 6. The van der Waals surface area contributed by atoms with Crippen LogP contribution in [0.3, 0.4) is 0 Å². The highest BCUT2D eigenvalue weighted by molar-refractivity contribution is 6.04. The van der Waals surface area contributed by atoms with Crippen molar-refractivity contribution in [2.24, 2.45) is 0 Å². The van der Waals surface area contributed by atoms with Gasteiger partial charge in [0.25, 0.3) is 0 Å². The quantitative estimate of drug-likeness (QED) is 0.0958. The molecule has 1 atom stereocenters. The lowest BCUT2D eigenvalue weighted by molar-refractivity contribution is -0.131. The predicted molar refractivity (Wildman–Crippen MR) is 201 cm³/mol. The van der Waals surface area contributed by atoms with Crippen molar-refractivity contribution in [2.75, 3.05) is 10.6 Å². The number of hydrogen-bond donors (Lipinski definition) is 3. The lowest BCUT2D eigenvalue weighted by Crippen LogP contribution is -2.11. The first-order valence-electron chi connectivity index (χ1n) is 16.1. The van der Waals surface area contributed by atoms with E-state index in [9.17, 15) is 14.4 Å². The van der Waals surface area contributed by atoms with E-state index in [1.54, 1.807) is 0 Å². The van der Waals surface area contributed by atoms with Crippen molar-refractivity contribution in [3.8, 4) is 33.4 Å².